The molecule has 2 N–H and O–H groups in total. The van der Waals surface area contributed by atoms with E-state index in [4.69, 9.17) is 17.3 Å². The zero-order valence-electron chi connectivity index (χ0n) is 8.71. The SMILES string of the molecule is Nc1ccc(Cl)c(-c2nnc3ccncn23)c1. The molecule has 0 saturated heterocycles. The highest BCUT2D eigenvalue weighted by Crippen LogP contribution is 2.28. The molecule has 17 heavy (non-hydrogen) atoms. The number of hydrogen-bond donors (Lipinski definition) is 1. The van der Waals surface area contributed by atoms with Gasteiger partial charge in [0.1, 0.15) is 6.33 Å². The molecule has 0 unspecified atom stereocenters. The van der Waals surface area contributed by atoms with Crippen molar-refractivity contribution in [2.75, 3.05) is 5.73 Å². The number of aromatic nitrogens is 4. The number of anilines is 1. The van der Waals surface area contributed by atoms with Crippen molar-refractivity contribution in [2.24, 2.45) is 0 Å². The number of nitrogens with two attached hydrogens (primary N) is 1. The molecular formula is C11H8ClN5. The lowest BCUT2D eigenvalue weighted by Crippen LogP contribution is -1.93. The zero-order chi connectivity index (χ0) is 11.8. The summed E-state index contributed by atoms with van der Waals surface area (Å²) in [5.41, 5.74) is 7.83. The van der Waals surface area contributed by atoms with Crippen LogP contribution in [0.15, 0.2) is 36.8 Å². The van der Waals surface area contributed by atoms with Crippen LogP contribution < -0.4 is 5.73 Å². The van der Waals surface area contributed by atoms with Crippen LogP contribution in [0.4, 0.5) is 5.69 Å². The van der Waals surface area contributed by atoms with Gasteiger partial charge in [-0.25, -0.2) is 4.98 Å². The number of nitrogens with zero attached hydrogens (tertiary/aromatic N) is 4. The largest absolute Gasteiger partial charge is 0.399 e. The molecule has 0 fully saturated rings. The van der Waals surface area contributed by atoms with Crippen LogP contribution >= 0.6 is 11.6 Å². The van der Waals surface area contributed by atoms with Crippen molar-refractivity contribution in [3.8, 4) is 11.4 Å². The summed E-state index contributed by atoms with van der Waals surface area (Å²) in [5.74, 6) is 0.630. The Kier molecular flexibility index (Phi) is 2.19. The fraction of sp³-hybridized carbons (Fsp3) is 0. The Morgan fingerprint density at radius 3 is 2.94 bits per heavy atom. The Morgan fingerprint density at radius 2 is 2.06 bits per heavy atom. The zero-order valence-corrected chi connectivity index (χ0v) is 9.46. The number of halogens is 1. The molecule has 5 nitrogen and oxygen atoms in total. The van der Waals surface area contributed by atoms with Crippen molar-refractivity contribution in [1.29, 1.82) is 0 Å². The third kappa shape index (κ3) is 1.60. The quantitative estimate of drug-likeness (QED) is 0.666. The van der Waals surface area contributed by atoms with E-state index >= 15 is 0 Å². The van der Waals surface area contributed by atoms with Gasteiger partial charge >= 0.3 is 0 Å². The van der Waals surface area contributed by atoms with Crippen LogP contribution in [-0.4, -0.2) is 19.6 Å². The van der Waals surface area contributed by atoms with Crippen LogP contribution in [0.2, 0.25) is 5.02 Å². The van der Waals surface area contributed by atoms with Gasteiger partial charge in [0.15, 0.2) is 11.5 Å². The maximum Gasteiger partial charge on any atom is 0.171 e. The molecule has 0 atom stereocenters. The smallest absolute Gasteiger partial charge is 0.171 e. The van der Waals surface area contributed by atoms with Crippen LogP contribution in [0.3, 0.4) is 0 Å². The molecule has 1 aromatic carbocycles. The predicted molar refractivity (Wildman–Crippen MR) is 65.6 cm³/mol. The first-order valence-corrected chi connectivity index (χ1v) is 5.33. The average molecular weight is 246 g/mol. The fourth-order valence-corrected chi connectivity index (χ4v) is 1.85. The molecule has 2 aromatic heterocycles. The molecule has 6 heteroatoms. The molecule has 0 saturated carbocycles. The highest BCUT2D eigenvalue weighted by molar-refractivity contribution is 6.33. The summed E-state index contributed by atoms with van der Waals surface area (Å²) in [7, 11) is 0. The predicted octanol–water partition coefficient (Wildman–Crippen LogP) is 2.03. The number of hydrogen-bond acceptors (Lipinski definition) is 4. The Balaban J connectivity index is 2.31. The minimum atomic E-state index is 0.581. The second kappa shape index (κ2) is 3.71. The lowest BCUT2D eigenvalue weighted by atomic mass is 10.2. The van der Waals surface area contributed by atoms with Crippen LogP contribution in [0.25, 0.3) is 17.0 Å². The van der Waals surface area contributed by atoms with E-state index in [1.807, 2.05) is 0 Å². The third-order valence-corrected chi connectivity index (χ3v) is 2.77. The van der Waals surface area contributed by atoms with Crippen LogP contribution in [0, 0.1) is 0 Å². The Hall–Kier alpha value is -2.14. The van der Waals surface area contributed by atoms with Crippen LogP contribution in [-0.2, 0) is 0 Å². The maximum atomic E-state index is 6.13. The number of rotatable bonds is 1. The fourth-order valence-electron chi connectivity index (χ4n) is 1.64. The van der Waals surface area contributed by atoms with Crippen molar-refractivity contribution in [1.82, 2.24) is 19.6 Å². The van der Waals surface area contributed by atoms with Gasteiger partial charge < -0.3 is 5.73 Å². The topological polar surface area (TPSA) is 69.1 Å². The van der Waals surface area contributed by atoms with Gasteiger partial charge in [-0.1, -0.05) is 11.6 Å². The molecule has 0 radical (unpaired) electrons. The van der Waals surface area contributed by atoms with Gasteiger partial charge in [0.25, 0.3) is 0 Å². The van der Waals surface area contributed by atoms with E-state index in [1.165, 1.54) is 0 Å². The highest BCUT2D eigenvalue weighted by Gasteiger charge is 2.11. The molecule has 0 aliphatic carbocycles. The molecule has 3 aromatic rings. The van der Waals surface area contributed by atoms with Crippen molar-refractivity contribution in [3.63, 3.8) is 0 Å². The Morgan fingerprint density at radius 1 is 1.18 bits per heavy atom. The van der Waals surface area contributed by atoms with E-state index < -0.39 is 0 Å². The molecule has 2 heterocycles. The molecular weight excluding hydrogens is 238 g/mol. The van der Waals surface area contributed by atoms with Gasteiger partial charge in [-0.2, -0.15) is 0 Å². The molecule has 0 bridgehead atoms. The summed E-state index contributed by atoms with van der Waals surface area (Å²) >= 11 is 6.13. The normalized spacial score (nSPS) is 10.9. The second-order valence-electron chi connectivity index (χ2n) is 3.57. The van der Waals surface area contributed by atoms with Gasteiger partial charge in [-0.3, -0.25) is 4.40 Å². The van der Waals surface area contributed by atoms with Gasteiger partial charge in [-0.15, -0.1) is 10.2 Å². The minimum absolute atomic E-state index is 0.581. The molecule has 84 valence electrons. The van der Waals surface area contributed by atoms with Crippen LogP contribution in [0.1, 0.15) is 0 Å². The molecule has 0 amide bonds. The van der Waals surface area contributed by atoms with Gasteiger partial charge in [0.2, 0.25) is 0 Å². The summed E-state index contributed by atoms with van der Waals surface area (Å²) in [4.78, 5) is 4.03. The van der Waals surface area contributed by atoms with Crippen LogP contribution in [0.5, 0.6) is 0 Å². The summed E-state index contributed by atoms with van der Waals surface area (Å²) < 4.78 is 1.76. The summed E-state index contributed by atoms with van der Waals surface area (Å²) in [6.45, 7) is 0. The van der Waals surface area contributed by atoms with Crippen molar-refractivity contribution < 1.29 is 0 Å². The molecule has 3 rings (SSSR count). The molecule has 0 aliphatic heterocycles. The lowest BCUT2D eigenvalue weighted by molar-refractivity contribution is 1.08. The van der Waals surface area contributed by atoms with Crippen molar-refractivity contribution in [2.45, 2.75) is 0 Å². The number of fused-ring (bicyclic) bond motifs is 1. The average Bonchev–Trinajstić information content (AvgIpc) is 2.76. The third-order valence-electron chi connectivity index (χ3n) is 2.45. The van der Waals surface area contributed by atoms with Crippen molar-refractivity contribution in [3.05, 3.63) is 41.8 Å². The summed E-state index contributed by atoms with van der Waals surface area (Å²) in [6.07, 6.45) is 3.30. The monoisotopic (exact) mass is 245 g/mol. The van der Waals surface area contributed by atoms with E-state index in [0.29, 0.717) is 22.2 Å². The Labute approximate surface area is 102 Å². The second-order valence-corrected chi connectivity index (χ2v) is 3.98. The minimum Gasteiger partial charge on any atom is -0.399 e. The van der Waals surface area contributed by atoms with Gasteiger partial charge in [-0.05, 0) is 18.2 Å². The Bertz CT molecular complexity index is 691. The summed E-state index contributed by atoms with van der Waals surface area (Å²) in [5, 5.41) is 8.72. The maximum absolute atomic E-state index is 6.13. The standard InChI is InChI=1S/C11H8ClN5/c12-9-2-1-7(13)5-8(9)11-16-15-10-3-4-14-6-17(10)11/h1-6H,13H2. The lowest BCUT2D eigenvalue weighted by Gasteiger charge is -2.03. The first kappa shape index (κ1) is 10.0. The first-order chi connectivity index (χ1) is 8.25. The number of nitrogen functional groups attached to an aromatic ring is 1. The van der Waals surface area contributed by atoms with Gasteiger partial charge in [0, 0.05) is 23.5 Å². The van der Waals surface area contributed by atoms with E-state index in [0.717, 1.165) is 5.56 Å². The van der Waals surface area contributed by atoms with Gasteiger partial charge in [0.05, 0.1) is 5.02 Å². The summed E-state index contributed by atoms with van der Waals surface area (Å²) in [6, 6.07) is 7.03. The van der Waals surface area contributed by atoms with E-state index in [1.54, 1.807) is 41.2 Å². The molecule has 0 aliphatic rings. The van der Waals surface area contributed by atoms with E-state index in [-0.39, 0.29) is 0 Å². The molecule has 0 spiro atoms. The number of benzene rings is 1. The first-order valence-electron chi connectivity index (χ1n) is 4.96. The van der Waals surface area contributed by atoms with E-state index in [9.17, 15) is 0 Å². The van der Waals surface area contributed by atoms with E-state index in [2.05, 4.69) is 15.2 Å². The highest BCUT2D eigenvalue weighted by atomic mass is 35.5. The van der Waals surface area contributed by atoms with Crippen molar-refractivity contribution >= 4 is 22.9 Å².